The van der Waals surface area contributed by atoms with Crippen LogP contribution in [0.2, 0.25) is 0 Å². The van der Waals surface area contributed by atoms with Gasteiger partial charge in [-0.2, -0.15) is 0 Å². The van der Waals surface area contributed by atoms with Gasteiger partial charge in [-0.05, 0) is 31.0 Å². The van der Waals surface area contributed by atoms with E-state index in [1.807, 2.05) is 26.0 Å². The summed E-state index contributed by atoms with van der Waals surface area (Å²) < 4.78 is 10.5. The summed E-state index contributed by atoms with van der Waals surface area (Å²) in [4.78, 5) is 0. The zero-order valence-electron chi connectivity index (χ0n) is 9.07. The summed E-state index contributed by atoms with van der Waals surface area (Å²) in [6, 6.07) is 5.95. The number of hydrogen-bond acceptors (Lipinski definition) is 3. The molecule has 1 aromatic heterocycles. The quantitative estimate of drug-likeness (QED) is 0.752. The number of nitrogens with zero attached hydrogens (tertiary/aromatic N) is 1. The number of aromatic nitrogens is 1. The number of aryl methyl sites for hydroxylation is 2. The van der Waals surface area contributed by atoms with E-state index < -0.39 is 0 Å². The van der Waals surface area contributed by atoms with Crippen molar-refractivity contribution < 1.29 is 9.26 Å². The fourth-order valence-corrected chi connectivity index (χ4v) is 1.76. The molecule has 2 rings (SSSR count). The van der Waals surface area contributed by atoms with Crippen molar-refractivity contribution in [2.45, 2.75) is 13.8 Å². The van der Waals surface area contributed by atoms with E-state index in [4.69, 9.17) is 9.26 Å². The molecule has 0 fully saturated rings. The summed E-state index contributed by atoms with van der Waals surface area (Å²) in [5, 5.41) is 3.70. The van der Waals surface area contributed by atoms with Crippen LogP contribution in [0.4, 0.5) is 0 Å². The number of hydrogen-bond donors (Lipinski definition) is 0. The predicted octanol–water partition coefficient (Wildman–Crippen LogP) is 2.97. The third-order valence-electron chi connectivity index (χ3n) is 2.33. The van der Waals surface area contributed by atoms with Gasteiger partial charge in [0.25, 0.3) is 0 Å². The lowest BCUT2D eigenvalue weighted by Gasteiger charge is -2.10. The Morgan fingerprint density at radius 2 is 2.07 bits per heavy atom. The first kappa shape index (κ1) is 9.77. The summed E-state index contributed by atoms with van der Waals surface area (Å²) in [6.45, 7) is 4.07. The van der Waals surface area contributed by atoms with Crippen LogP contribution < -0.4 is 4.74 Å². The second-order valence-electron chi connectivity index (χ2n) is 3.54. The zero-order chi connectivity index (χ0) is 10.8. The normalized spacial score (nSPS) is 10.3. The Balaban J connectivity index is 2.64. The summed E-state index contributed by atoms with van der Waals surface area (Å²) in [5.74, 6) is 1.58. The van der Waals surface area contributed by atoms with Gasteiger partial charge in [0.15, 0.2) is 5.76 Å². The molecule has 0 radical (unpaired) electrons. The highest BCUT2D eigenvalue weighted by Gasteiger charge is 2.12. The van der Waals surface area contributed by atoms with E-state index in [9.17, 15) is 0 Å². The van der Waals surface area contributed by atoms with Gasteiger partial charge in [-0.15, -0.1) is 0 Å². The molecular formula is C12H13NO2. The fraction of sp³-hybridized carbons (Fsp3) is 0.250. The molecule has 0 aliphatic carbocycles. The van der Waals surface area contributed by atoms with Crippen molar-refractivity contribution in [2.24, 2.45) is 0 Å². The smallest absolute Gasteiger partial charge is 0.170 e. The van der Waals surface area contributed by atoms with Crippen LogP contribution in [-0.4, -0.2) is 12.3 Å². The lowest BCUT2D eigenvalue weighted by atomic mass is 10.0. The maximum atomic E-state index is 5.37. The molecule has 0 atom stereocenters. The van der Waals surface area contributed by atoms with E-state index >= 15 is 0 Å². The van der Waals surface area contributed by atoms with Gasteiger partial charge in [-0.3, -0.25) is 0 Å². The molecule has 3 heteroatoms. The molecule has 2 aromatic rings. The van der Waals surface area contributed by atoms with E-state index in [1.165, 1.54) is 5.56 Å². The molecule has 0 aliphatic heterocycles. The first-order chi connectivity index (χ1) is 7.22. The Hall–Kier alpha value is -1.77. The molecule has 1 heterocycles. The van der Waals surface area contributed by atoms with Gasteiger partial charge in [-0.1, -0.05) is 11.2 Å². The monoisotopic (exact) mass is 203 g/mol. The Kier molecular flexibility index (Phi) is 2.46. The zero-order valence-corrected chi connectivity index (χ0v) is 9.07. The minimum absolute atomic E-state index is 0.735. The summed E-state index contributed by atoms with van der Waals surface area (Å²) in [7, 11) is 1.66. The van der Waals surface area contributed by atoms with Gasteiger partial charge in [-0.25, -0.2) is 0 Å². The molecule has 1 aromatic carbocycles. The molecular weight excluding hydrogens is 190 g/mol. The van der Waals surface area contributed by atoms with Crippen LogP contribution in [0.25, 0.3) is 11.3 Å². The summed E-state index contributed by atoms with van der Waals surface area (Å²) in [6.07, 6.45) is 1.63. The standard InChI is InChI=1S/C12H13NO2/c1-8-6-9(2)12(14-3)10(7-8)11-4-5-13-15-11/h4-7H,1-3H3. The Morgan fingerprint density at radius 3 is 2.67 bits per heavy atom. The van der Waals surface area contributed by atoms with Gasteiger partial charge in [0.1, 0.15) is 5.75 Å². The van der Waals surface area contributed by atoms with E-state index in [1.54, 1.807) is 13.3 Å². The van der Waals surface area contributed by atoms with Crippen LogP contribution >= 0.6 is 0 Å². The molecule has 0 bridgehead atoms. The molecule has 0 unspecified atom stereocenters. The average Bonchev–Trinajstić information content (AvgIpc) is 2.69. The first-order valence-corrected chi connectivity index (χ1v) is 4.78. The molecule has 3 nitrogen and oxygen atoms in total. The number of methoxy groups -OCH3 is 1. The predicted molar refractivity (Wildman–Crippen MR) is 58.0 cm³/mol. The topological polar surface area (TPSA) is 35.3 Å². The maximum Gasteiger partial charge on any atom is 0.170 e. The van der Waals surface area contributed by atoms with Crippen LogP contribution in [0.5, 0.6) is 5.75 Å². The van der Waals surface area contributed by atoms with Crippen molar-refractivity contribution in [3.05, 3.63) is 35.5 Å². The van der Waals surface area contributed by atoms with Crippen molar-refractivity contribution >= 4 is 0 Å². The van der Waals surface area contributed by atoms with E-state index in [-0.39, 0.29) is 0 Å². The van der Waals surface area contributed by atoms with Gasteiger partial charge in [0.05, 0.1) is 18.9 Å². The Bertz CT molecular complexity index is 461. The van der Waals surface area contributed by atoms with Crippen LogP contribution in [0, 0.1) is 13.8 Å². The molecule has 0 saturated carbocycles. The minimum atomic E-state index is 0.735. The molecule has 78 valence electrons. The van der Waals surface area contributed by atoms with Crippen LogP contribution in [-0.2, 0) is 0 Å². The maximum absolute atomic E-state index is 5.37. The molecule has 0 N–H and O–H groups in total. The van der Waals surface area contributed by atoms with Crippen LogP contribution in [0.3, 0.4) is 0 Å². The van der Waals surface area contributed by atoms with Crippen molar-refractivity contribution in [1.82, 2.24) is 5.16 Å². The highest BCUT2D eigenvalue weighted by Crippen LogP contribution is 2.33. The van der Waals surface area contributed by atoms with Crippen molar-refractivity contribution in [3.63, 3.8) is 0 Å². The third kappa shape index (κ3) is 1.73. The molecule has 0 saturated heterocycles. The third-order valence-corrected chi connectivity index (χ3v) is 2.33. The van der Waals surface area contributed by atoms with E-state index in [0.717, 1.165) is 22.6 Å². The summed E-state index contributed by atoms with van der Waals surface area (Å²) in [5.41, 5.74) is 3.23. The largest absolute Gasteiger partial charge is 0.496 e. The molecule has 15 heavy (non-hydrogen) atoms. The first-order valence-electron chi connectivity index (χ1n) is 4.78. The average molecular weight is 203 g/mol. The van der Waals surface area contributed by atoms with E-state index in [0.29, 0.717) is 0 Å². The van der Waals surface area contributed by atoms with Crippen molar-refractivity contribution in [1.29, 1.82) is 0 Å². The van der Waals surface area contributed by atoms with Crippen molar-refractivity contribution in [2.75, 3.05) is 7.11 Å². The second-order valence-corrected chi connectivity index (χ2v) is 3.54. The highest BCUT2D eigenvalue weighted by molar-refractivity contribution is 5.68. The van der Waals surface area contributed by atoms with Gasteiger partial charge >= 0.3 is 0 Å². The minimum Gasteiger partial charge on any atom is -0.496 e. The van der Waals surface area contributed by atoms with Crippen LogP contribution in [0.15, 0.2) is 28.9 Å². The number of ether oxygens (including phenoxy) is 1. The number of rotatable bonds is 2. The van der Waals surface area contributed by atoms with Crippen LogP contribution in [0.1, 0.15) is 11.1 Å². The fourth-order valence-electron chi connectivity index (χ4n) is 1.76. The molecule has 0 amide bonds. The lowest BCUT2D eigenvalue weighted by Crippen LogP contribution is -1.92. The van der Waals surface area contributed by atoms with Gasteiger partial charge in [0, 0.05) is 6.07 Å². The Morgan fingerprint density at radius 1 is 1.27 bits per heavy atom. The molecule has 0 spiro atoms. The Labute approximate surface area is 88.7 Å². The van der Waals surface area contributed by atoms with Gasteiger partial charge in [0.2, 0.25) is 0 Å². The molecule has 0 aliphatic rings. The summed E-state index contributed by atoms with van der Waals surface area (Å²) >= 11 is 0. The second kappa shape index (κ2) is 3.77. The van der Waals surface area contributed by atoms with Crippen molar-refractivity contribution in [3.8, 4) is 17.1 Å². The SMILES string of the molecule is COc1c(C)cc(C)cc1-c1ccno1. The van der Waals surface area contributed by atoms with E-state index in [2.05, 4.69) is 11.2 Å². The highest BCUT2D eigenvalue weighted by atomic mass is 16.5. The van der Waals surface area contributed by atoms with Gasteiger partial charge < -0.3 is 9.26 Å². The number of benzene rings is 1. The lowest BCUT2D eigenvalue weighted by molar-refractivity contribution is 0.403.